The van der Waals surface area contributed by atoms with Crippen molar-refractivity contribution >= 4 is 26.9 Å². The molecule has 0 spiro atoms. The number of nitrogens with two attached hydrogens (primary N) is 1. The average molecular weight is 158 g/mol. The molecule has 0 bridgehead atoms. The minimum absolute atomic E-state index is 0.438. The summed E-state index contributed by atoms with van der Waals surface area (Å²) in [5, 5.41) is 0. The van der Waals surface area contributed by atoms with Crippen molar-refractivity contribution in [2.45, 2.75) is 12.5 Å². The fourth-order valence-electron chi connectivity index (χ4n) is 0.325. The summed E-state index contributed by atoms with van der Waals surface area (Å²) >= 11 is 0. The zero-order chi connectivity index (χ0) is 6.41. The fourth-order valence-corrected chi connectivity index (χ4v) is 3.01. The molecule has 0 aliphatic carbocycles. The van der Waals surface area contributed by atoms with E-state index in [1.165, 1.54) is 0 Å². The highest BCUT2D eigenvalue weighted by atomic mass is 29.5. The van der Waals surface area contributed by atoms with Crippen molar-refractivity contribution in [2.24, 2.45) is 5.73 Å². The Labute approximate surface area is 57.0 Å². The first-order valence-corrected chi connectivity index (χ1v) is 7.58. The van der Waals surface area contributed by atoms with Crippen LogP contribution in [-0.4, -0.2) is 33.4 Å². The fraction of sp³-hybridized carbons (Fsp3) is 1.00. The maximum atomic E-state index is 10.7. The van der Waals surface area contributed by atoms with Gasteiger partial charge in [0.1, 0.15) is 0 Å². The van der Waals surface area contributed by atoms with Crippen LogP contribution in [0.4, 0.5) is 0 Å². The van der Waals surface area contributed by atoms with Gasteiger partial charge in [0.2, 0.25) is 0 Å². The molecule has 44 valence electrons. The molecule has 0 saturated heterocycles. The van der Waals surface area contributed by atoms with Crippen LogP contribution in [0.3, 0.4) is 0 Å². The van der Waals surface area contributed by atoms with Gasteiger partial charge in [-0.2, -0.15) is 0 Å². The van der Waals surface area contributed by atoms with E-state index >= 15 is 0 Å². The van der Waals surface area contributed by atoms with Gasteiger partial charge in [0, 0.05) is 0 Å². The first-order valence-electron chi connectivity index (χ1n) is 2.47. The second kappa shape index (κ2) is 5.70. The van der Waals surface area contributed by atoms with E-state index in [-0.39, 0.29) is 0 Å². The molecule has 8 heavy (non-hydrogen) atoms. The Kier molecular flexibility index (Phi) is 6.11. The summed E-state index contributed by atoms with van der Waals surface area (Å²) in [7, 11) is 2.37. The molecule has 0 aromatic carbocycles. The maximum absolute atomic E-state index is 10.7. The second-order valence-electron chi connectivity index (χ2n) is 1.44. The number of hydrogen-bond acceptors (Lipinski definition) is 2. The van der Waals surface area contributed by atoms with Crippen LogP contribution in [-0.2, 0) is 0 Å². The third-order valence-electron chi connectivity index (χ3n) is 0.747. The van der Waals surface area contributed by atoms with Crippen LogP contribution in [0.5, 0.6) is 0 Å². The Morgan fingerprint density at radius 1 is 1.75 bits per heavy atom. The monoisotopic (exact) mass is 158 g/mol. The standard InChI is InChI=1S/C3H8NOSi3/c4-2-1-3-8(5)7-6/h1-4H2/q-1. The van der Waals surface area contributed by atoms with Gasteiger partial charge in [-0.05, 0) is 31.3 Å². The van der Waals surface area contributed by atoms with E-state index in [0.717, 1.165) is 12.5 Å². The number of hydrogen-bond donors (Lipinski definition) is 1. The van der Waals surface area contributed by atoms with E-state index in [0.29, 0.717) is 15.1 Å². The molecule has 0 aliphatic heterocycles. The maximum Gasteiger partial charge on any atom is -0.000959 e. The summed E-state index contributed by atoms with van der Waals surface area (Å²) in [4.78, 5) is 10.7. The molecule has 0 aliphatic rings. The molecule has 0 saturated carbocycles. The summed E-state index contributed by atoms with van der Waals surface area (Å²) < 4.78 is 0. The van der Waals surface area contributed by atoms with Crippen molar-refractivity contribution in [3.8, 4) is 0 Å². The Balaban J connectivity index is 2.86. The zero-order valence-corrected chi connectivity index (χ0v) is 7.61. The van der Waals surface area contributed by atoms with Crippen molar-refractivity contribution in [2.75, 3.05) is 6.54 Å². The van der Waals surface area contributed by atoms with E-state index in [4.69, 9.17) is 5.73 Å². The molecule has 2 N–H and O–H groups in total. The average Bonchev–Trinajstić information content (AvgIpc) is 1.83. The first-order chi connectivity index (χ1) is 3.81. The zero-order valence-electron chi connectivity index (χ0n) is 4.61. The minimum atomic E-state index is -1.28. The Hall–Kier alpha value is 0.571. The lowest BCUT2D eigenvalue weighted by Crippen LogP contribution is -2.38. The highest BCUT2D eigenvalue weighted by Crippen LogP contribution is 1.85. The number of rotatable bonds is 4. The van der Waals surface area contributed by atoms with Crippen LogP contribution in [0.2, 0.25) is 6.04 Å². The summed E-state index contributed by atoms with van der Waals surface area (Å²) in [6.45, 7) is 0.660. The topological polar surface area (TPSA) is 49.1 Å². The van der Waals surface area contributed by atoms with Crippen molar-refractivity contribution in [3.05, 3.63) is 0 Å². The van der Waals surface area contributed by atoms with E-state index in [9.17, 15) is 4.80 Å². The predicted octanol–water partition coefficient (Wildman–Crippen LogP) is -2.03. The molecular formula is C3H8NOSi3-. The van der Waals surface area contributed by atoms with E-state index in [2.05, 4.69) is 9.76 Å². The molecule has 0 atom stereocenters. The largest absolute Gasteiger partial charge is 0.863 e. The van der Waals surface area contributed by atoms with Crippen LogP contribution < -0.4 is 10.5 Å². The van der Waals surface area contributed by atoms with Crippen LogP contribution in [0.1, 0.15) is 6.42 Å². The molecule has 0 aromatic heterocycles. The molecular weight excluding hydrogens is 150 g/mol. The molecule has 6 radical (unpaired) electrons. The third-order valence-corrected chi connectivity index (χ3v) is 5.93. The van der Waals surface area contributed by atoms with Crippen molar-refractivity contribution in [1.82, 2.24) is 0 Å². The van der Waals surface area contributed by atoms with Crippen molar-refractivity contribution in [1.29, 1.82) is 0 Å². The van der Waals surface area contributed by atoms with Gasteiger partial charge in [0.15, 0.2) is 0 Å². The molecule has 0 unspecified atom stereocenters. The van der Waals surface area contributed by atoms with E-state index in [1.54, 1.807) is 0 Å². The Morgan fingerprint density at radius 3 is 2.75 bits per heavy atom. The minimum Gasteiger partial charge on any atom is -0.863 e. The smallest absolute Gasteiger partial charge is 0.000959 e. The third kappa shape index (κ3) is 4.72. The van der Waals surface area contributed by atoms with E-state index in [1.807, 2.05) is 0 Å². The summed E-state index contributed by atoms with van der Waals surface area (Å²) in [5.41, 5.74) is 5.20. The van der Waals surface area contributed by atoms with Crippen molar-refractivity contribution < 1.29 is 4.80 Å². The van der Waals surface area contributed by atoms with Gasteiger partial charge in [-0.15, -0.1) is 0 Å². The molecule has 0 rings (SSSR count). The molecule has 0 heterocycles. The van der Waals surface area contributed by atoms with Crippen LogP contribution in [0.25, 0.3) is 0 Å². The van der Waals surface area contributed by atoms with Gasteiger partial charge in [0.25, 0.3) is 0 Å². The normalized spacial score (nSPS) is 10.5. The Bertz CT molecular complexity index is 53.8. The lowest BCUT2D eigenvalue weighted by atomic mass is 10.5. The van der Waals surface area contributed by atoms with Gasteiger partial charge in [0.05, 0.1) is 0 Å². The highest BCUT2D eigenvalue weighted by Gasteiger charge is 1.89. The van der Waals surface area contributed by atoms with Crippen LogP contribution in [0, 0.1) is 0 Å². The van der Waals surface area contributed by atoms with Gasteiger partial charge in [-0.25, -0.2) is 0 Å². The summed E-state index contributed by atoms with van der Waals surface area (Å²) in [5.74, 6) is 0. The second-order valence-corrected chi connectivity index (χ2v) is 7.71. The van der Waals surface area contributed by atoms with Gasteiger partial charge in [-0.1, -0.05) is 14.6 Å². The SMILES string of the molecule is NCCC[Si]([O-])[Si][Si]. The van der Waals surface area contributed by atoms with E-state index < -0.39 is 8.56 Å². The van der Waals surface area contributed by atoms with Gasteiger partial charge >= 0.3 is 0 Å². The van der Waals surface area contributed by atoms with Gasteiger partial charge in [-0.3, -0.25) is 0 Å². The van der Waals surface area contributed by atoms with Crippen LogP contribution >= 0.6 is 0 Å². The summed E-state index contributed by atoms with van der Waals surface area (Å²) in [6.07, 6.45) is 0.898. The molecule has 5 heteroatoms. The lowest BCUT2D eigenvalue weighted by Gasteiger charge is -2.16. The quantitative estimate of drug-likeness (QED) is 0.480. The molecule has 0 fully saturated rings. The summed E-state index contributed by atoms with van der Waals surface area (Å²) in [6, 6.07) is 0.809. The molecule has 2 nitrogen and oxygen atoms in total. The lowest BCUT2D eigenvalue weighted by molar-refractivity contribution is -0.186. The molecule has 0 aromatic rings. The molecule has 0 amide bonds. The first kappa shape index (κ1) is 8.57. The van der Waals surface area contributed by atoms with Crippen molar-refractivity contribution in [3.63, 3.8) is 0 Å². The highest BCUT2D eigenvalue weighted by molar-refractivity contribution is 7.28. The Morgan fingerprint density at radius 2 is 2.38 bits per heavy atom. The van der Waals surface area contributed by atoms with Gasteiger partial charge < -0.3 is 10.5 Å². The predicted molar refractivity (Wildman–Crippen MR) is 35.7 cm³/mol. The van der Waals surface area contributed by atoms with Crippen LogP contribution in [0.15, 0.2) is 0 Å².